The quantitative estimate of drug-likeness (QED) is 0.247. The highest BCUT2D eigenvalue weighted by Crippen LogP contribution is 2.33. The van der Waals surface area contributed by atoms with Gasteiger partial charge in [0.2, 0.25) is 17.6 Å². The largest absolute Gasteiger partial charge is 0.497 e. The molecule has 4 unspecified atom stereocenters. The molecule has 49 heavy (non-hydrogen) atoms. The molecule has 13 nitrogen and oxygen atoms in total. The van der Waals surface area contributed by atoms with E-state index < -0.39 is 64.7 Å². The Hall–Kier alpha value is -4.42. The molecule has 1 aromatic carbocycles. The number of rotatable bonds is 12. The summed E-state index contributed by atoms with van der Waals surface area (Å²) >= 11 is 0. The Morgan fingerprint density at radius 3 is 2.31 bits per heavy atom. The summed E-state index contributed by atoms with van der Waals surface area (Å²) in [5.74, 6) is -1.29. The molecule has 1 saturated carbocycles. The second-order valence-corrected chi connectivity index (χ2v) is 15.2. The lowest BCUT2D eigenvalue weighted by Crippen LogP contribution is -2.61. The molecule has 1 aliphatic carbocycles. The summed E-state index contributed by atoms with van der Waals surface area (Å²) in [5.41, 5.74) is 0.0999. The van der Waals surface area contributed by atoms with Crippen LogP contribution in [0.4, 0.5) is 4.79 Å². The van der Waals surface area contributed by atoms with E-state index in [2.05, 4.69) is 26.3 Å². The predicted octanol–water partition coefficient (Wildman–Crippen LogP) is 3.55. The Morgan fingerprint density at radius 1 is 1.02 bits per heavy atom. The van der Waals surface area contributed by atoms with E-state index in [0.29, 0.717) is 29.1 Å². The predicted molar refractivity (Wildman–Crippen MR) is 185 cm³/mol. The number of ether oxygens (including phenoxy) is 2. The van der Waals surface area contributed by atoms with Gasteiger partial charge in [-0.1, -0.05) is 34.1 Å². The number of benzene rings is 1. The first kappa shape index (κ1) is 37.4. The van der Waals surface area contributed by atoms with Gasteiger partial charge in [0.05, 0.1) is 25.2 Å². The van der Waals surface area contributed by atoms with E-state index >= 15 is 0 Å². The van der Waals surface area contributed by atoms with E-state index in [0.717, 1.165) is 18.2 Å². The van der Waals surface area contributed by atoms with Crippen LogP contribution in [-0.4, -0.2) is 88.9 Å². The number of fused-ring (bicyclic) bond motifs is 1. The van der Waals surface area contributed by atoms with Crippen LogP contribution in [0.5, 0.6) is 11.5 Å². The lowest BCUT2D eigenvalue weighted by Gasteiger charge is -2.36. The second-order valence-electron chi connectivity index (χ2n) is 15.2. The maximum absolute atomic E-state index is 14.4. The average molecular weight is 681 g/mol. The molecule has 4 rings (SSSR count). The molecule has 13 heteroatoms. The van der Waals surface area contributed by atoms with Crippen molar-refractivity contribution < 1.29 is 33.4 Å². The second kappa shape index (κ2) is 15.0. The molecule has 0 spiro atoms. The fourth-order valence-corrected chi connectivity index (χ4v) is 5.87. The van der Waals surface area contributed by atoms with Crippen LogP contribution in [0.3, 0.4) is 0 Å². The number of aryl methyl sites for hydroxylation is 1. The summed E-state index contributed by atoms with van der Waals surface area (Å²) in [6.07, 6.45) is 1.94. The number of methoxy groups -OCH3 is 1. The fourth-order valence-electron chi connectivity index (χ4n) is 5.87. The Morgan fingerprint density at radius 2 is 1.71 bits per heavy atom. The number of carbonyl (C=O) groups excluding carboxylic acids is 5. The molecule has 0 radical (unpaired) electrons. The van der Waals surface area contributed by atoms with Crippen molar-refractivity contribution >= 4 is 40.4 Å². The zero-order valence-corrected chi connectivity index (χ0v) is 30.2. The highest BCUT2D eigenvalue weighted by atomic mass is 16.5. The van der Waals surface area contributed by atoms with Crippen LogP contribution in [0.15, 0.2) is 24.3 Å². The van der Waals surface area contributed by atoms with Gasteiger partial charge in [0.15, 0.2) is 0 Å². The lowest BCUT2D eigenvalue weighted by molar-refractivity contribution is -0.144. The van der Waals surface area contributed by atoms with Crippen molar-refractivity contribution in [2.45, 2.75) is 123 Å². The van der Waals surface area contributed by atoms with Crippen LogP contribution < -0.4 is 30.7 Å². The first-order chi connectivity index (χ1) is 22.9. The zero-order valence-electron chi connectivity index (χ0n) is 30.2. The number of hydrogen-bond acceptors (Lipinski definition) is 8. The van der Waals surface area contributed by atoms with Crippen molar-refractivity contribution in [3.8, 4) is 11.5 Å². The topological polar surface area (TPSA) is 168 Å². The standard InChI is InChI=1S/C36H52N6O7/c1-10-11-25(29(43)32(45)38-21-12-13-21)39-31(44)27-18-23(49-28-16-20(2)37-26-17-22(48-9)14-15-24(26)28)19-42(27)33(46)30(35(3,4)5)40-34(47)41-36(6,7)8/h14-17,21,23,25,27,30H,10-13,18-19H2,1-9H3,(H,38,45)(H,39,44)(H2,40,41,47). The minimum absolute atomic E-state index is 0.0124. The highest BCUT2D eigenvalue weighted by molar-refractivity contribution is 6.38. The van der Waals surface area contributed by atoms with Crippen LogP contribution in [0, 0.1) is 12.3 Å². The van der Waals surface area contributed by atoms with Crippen LogP contribution in [0.2, 0.25) is 0 Å². The SMILES string of the molecule is CCCC(NC(=O)C1CC(Oc2cc(C)nc3cc(OC)ccc23)CN1C(=O)C(NC(=O)NC(C)(C)C)C(C)(C)C)C(=O)C(=O)NC1CC1. The summed E-state index contributed by atoms with van der Waals surface area (Å²) in [6, 6.07) is 3.64. The van der Waals surface area contributed by atoms with Gasteiger partial charge in [-0.2, -0.15) is 0 Å². The van der Waals surface area contributed by atoms with Gasteiger partial charge in [0.1, 0.15) is 29.7 Å². The number of hydrogen-bond donors (Lipinski definition) is 4. The van der Waals surface area contributed by atoms with E-state index in [1.165, 1.54) is 4.90 Å². The number of likely N-dealkylation sites (tertiary alicyclic amines) is 1. The van der Waals surface area contributed by atoms with E-state index in [1.54, 1.807) is 19.2 Å². The van der Waals surface area contributed by atoms with Crippen LogP contribution in [0.25, 0.3) is 10.9 Å². The monoisotopic (exact) mass is 680 g/mol. The number of ketones is 1. The maximum Gasteiger partial charge on any atom is 0.315 e. The van der Waals surface area contributed by atoms with Crippen molar-refractivity contribution in [1.82, 2.24) is 31.2 Å². The molecule has 2 fully saturated rings. The average Bonchev–Trinajstić information content (AvgIpc) is 3.72. The molecule has 0 bridgehead atoms. The van der Waals surface area contributed by atoms with Crippen molar-refractivity contribution in [3.05, 3.63) is 30.0 Å². The highest BCUT2D eigenvalue weighted by Gasteiger charge is 2.46. The van der Waals surface area contributed by atoms with E-state index in [-0.39, 0.29) is 25.4 Å². The van der Waals surface area contributed by atoms with Crippen LogP contribution >= 0.6 is 0 Å². The van der Waals surface area contributed by atoms with Gasteiger partial charge in [-0.25, -0.2) is 4.79 Å². The molecule has 4 N–H and O–H groups in total. The molecular formula is C36H52N6O7. The minimum atomic E-state index is -1.05. The summed E-state index contributed by atoms with van der Waals surface area (Å²) in [6.45, 7) is 14.8. The normalized spacial score (nSPS) is 19.1. The van der Waals surface area contributed by atoms with Crippen molar-refractivity contribution in [1.29, 1.82) is 0 Å². The van der Waals surface area contributed by atoms with Crippen LogP contribution in [0.1, 0.15) is 86.3 Å². The lowest BCUT2D eigenvalue weighted by atomic mass is 9.85. The van der Waals surface area contributed by atoms with Gasteiger partial charge in [-0.05, 0) is 64.5 Å². The third-order valence-corrected chi connectivity index (χ3v) is 8.47. The van der Waals surface area contributed by atoms with Gasteiger partial charge in [0, 0.05) is 41.2 Å². The van der Waals surface area contributed by atoms with Gasteiger partial charge in [-0.3, -0.25) is 24.2 Å². The fraction of sp³-hybridized carbons (Fsp3) is 0.611. The number of nitrogens with one attached hydrogen (secondary N) is 4. The summed E-state index contributed by atoms with van der Waals surface area (Å²) in [4.78, 5) is 73.3. The molecule has 1 aromatic heterocycles. The van der Waals surface area contributed by atoms with Gasteiger partial charge >= 0.3 is 6.03 Å². The van der Waals surface area contributed by atoms with Gasteiger partial charge in [0.25, 0.3) is 5.91 Å². The van der Waals surface area contributed by atoms with E-state index in [9.17, 15) is 24.0 Å². The first-order valence-corrected chi connectivity index (χ1v) is 17.1. The molecule has 1 aliphatic heterocycles. The minimum Gasteiger partial charge on any atom is -0.497 e. The number of pyridine rings is 1. The molecular weight excluding hydrogens is 628 g/mol. The molecule has 5 amide bonds. The Kier molecular flexibility index (Phi) is 11.4. The molecule has 4 atom stereocenters. The van der Waals surface area contributed by atoms with Crippen molar-refractivity contribution in [2.75, 3.05) is 13.7 Å². The van der Waals surface area contributed by atoms with Gasteiger partial charge in [-0.15, -0.1) is 0 Å². The summed E-state index contributed by atoms with van der Waals surface area (Å²) < 4.78 is 11.9. The first-order valence-electron chi connectivity index (χ1n) is 17.1. The Labute approximate surface area is 288 Å². The third kappa shape index (κ3) is 9.82. The number of carbonyl (C=O) groups is 5. The van der Waals surface area contributed by atoms with Crippen molar-refractivity contribution in [3.63, 3.8) is 0 Å². The van der Waals surface area contributed by atoms with E-state index in [4.69, 9.17) is 9.47 Å². The number of nitrogens with zero attached hydrogens (tertiary/aromatic N) is 2. The molecule has 2 aliphatic rings. The maximum atomic E-state index is 14.4. The smallest absolute Gasteiger partial charge is 0.315 e. The molecule has 2 aromatic rings. The van der Waals surface area contributed by atoms with Crippen molar-refractivity contribution in [2.24, 2.45) is 5.41 Å². The zero-order chi connectivity index (χ0) is 36.3. The van der Waals surface area contributed by atoms with Gasteiger partial charge < -0.3 is 35.6 Å². The number of aromatic nitrogens is 1. The number of amides is 5. The molecule has 1 saturated heterocycles. The van der Waals surface area contributed by atoms with Crippen LogP contribution in [-0.2, 0) is 19.2 Å². The Balaban J connectivity index is 1.65. The summed E-state index contributed by atoms with van der Waals surface area (Å²) in [5, 5.41) is 11.9. The third-order valence-electron chi connectivity index (χ3n) is 8.47. The van der Waals surface area contributed by atoms with E-state index in [1.807, 2.05) is 67.5 Å². The number of Topliss-reactive ketones (excluding diaryl/α,β-unsaturated/α-hetero) is 1. The Bertz CT molecular complexity index is 1580. The summed E-state index contributed by atoms with van der Waals surface area (Å²) in [7, 11) is 1.58. The number of urea groups is 1. The molecule has 268 valence electrons. The molecule has 2 heterocycles.